The van der Waals surface area contributed by atoms with E-state index in [-0.39, 0.29) is 6.10 Å². The molecular formula is C12H20ClNO3S2. The lowest BCUT2D eigenvalue weighted by molar-refractivity contribution is 0.0737. The molecular weight excluding hydrogens is 306 g/mol. The van der Waals surface area contributed by atoms with Crippen molar-refractivity contribution in [2.24, 2.45) is 0 Å². The van der Waals surface area contributed by atoms with Gasteiger partial charge in [-0.3, -0.25) is 0 Å². The number of rotatable bonds is 7. The first-order valence-electron chi connectivity index (χ1n) is 6.02. The zero-order valence-corrected chi connectivity index (χ0v) is 14.0. The van der Waals surface area contributed by atoms with Gasteiger partial charge in [-0.05, 0) is 32.4 Å². The van der Waals surface area contributed by atoms with Crippen LogP contribution in [0.1, 0.15) is 24.3 Å². The number of alkyl halides is 1. The van der Waals surface area contributed by atoms with E-state index in [2.05, 4.69) is 0 Å². The van der Waals surface area contributed by atoms with Gasteiger partial charge >= 0.3 is 0 Å². The highest BCUT2D eigenvalue weighted by Gasteiger charge is 2.23. The van der Waals surface area contributed by atoms with Gasteiger partial charge in [0.2, 0.25) is 0 Å². The minimum absolute atomic E-state index is 0.0999. The summed E-state index contributed by atoms with van der Waals surface area (Å²) in [7, 11) is -1.87. The van der Waals surface area contributed by atoms with E-state index in [0.29, 0.717) is 23.2 Å². The molecule has 110 valence electrons. The molecule has 0 aromatic carbocycles. The van der Waals surface area contributed by atoms with Gasteiger partial charge in [-0.25, -0.2) is 8.42 Å². The summed E-state index contributed by atoms with van der Waals surface area (Å²) in [5, 5.41) is 0. The molecule has 7 heteroatoms. The molecule has 0 fully saturated rings. The molecule has 0 atom stereocenters. The SMILES string of the molecule is Cc1cc(S(=O)(=O)N(C)CCOC(C)C)sc1CCl. The quantitative estimate of drug-likeness (QED) is 0.724. The number of sulfonamides is 1. The van der Waals surface area contributed by atoms with E-state index in [9.17, 15) is 8.42 Å². The van der Waals surface area contributed by atoms with E-state index < -0.39 is 10.0 Å². The molecule has 0 unspecified atom stereocenters. The van der Waals surface area contributed by atoms with Gasteiger partial charge in [-0.15, -0.1) is 22.9 Å². The minimum Gasteiger partial charge on any atom is -0.377 e. The predicted molar refractivity (Wildman–Crippen MR) is 79.5 cm³/mol. The molecule has 0 bridgehead atoms. The molecule has 0 aliphatic rings. The molecule has 1 rings (SSSR count). The summed E-state index contributed by atoms with van der Waals surface area (Å²) in [5.74, 6) is 0.339. The number of hydrogen-bond acceptors (Lipinski definition) is 4. The van der Waals surface area contributed by atoms with Gasteiger partial charge in [0.05, 0.1) is 18.6 Å². The molecule has 0 radical (unpaired) electrons. The lowest BCUT2D eigenvalue weighted by atomic mass is 10.3. The Balaban J connectivity index is 2.78. The highest BCUT2D eigenvalue weighted by atomic mass is 35.5. The lowest BCUT2D eigenvalue weighted by Crippen LogP contribution is -2.30. The first kappa shape index (κ1) is 16.9. The zero-order valence-electron chi connectivity index (χ0n) is 11.6. The summed E-state index contributed by atoms with van der Waals surface area (Å²) in [6.07, 6.45) is 0.0999. The van der Waals surface area contributed by atoms with E-state index in [1.807, 2.05) is 20.8 Å². The Bertz CT molecular complexity index is 511. The second kappa shape index (κ2) is 7.04. The van der Waals surface area contributed by atoms with Gasteiger partial charge in [-0.2, -0.15) is 4.31 Å². The number of nitrogens with zero attached hydrogens (tertiary/aromatic N) is 1. The molecule has 0 spiro atoms. The fourth-order valence-electron chi connectivity index (χ4n) is 1.44. The number of halogens is 1. The summed E-state index contributed by atoms with van der Waals surface area (Å²) in [6, 6.07) is 1.68. The third-order valence-corrected chi connectivity index (χ3v) is 6.61. The Morgan fingerprint density at radius 2 is 2.11 bits per heavy atom. The molecule has 19 heavy (non-hydrogen) atoms. The smallest absolute Gasteiger partial charge is 0.252 e. The number of thiophene rings is 1. The van der Waals surface area contributed by atoms with Crippen molar-refractivity contribution in [3.8, 4) is 0 Å². The first-order chi connectivity index (χ1) is 8.78. The van der Waals surface area contributed by atoms with Crippen molar-refractivity contribution in [1.82, 2.24) is 4.31 Å². The summed E-state index contributed by atoms with van der Waals surface area (Å²) in [4.78, 5) is 0.895. The van der Waals surface area contributed by atoms with E-state index in [4.69, 9.17) is 16.3 Å². The highest BCUT2D eigenvalue weighted by molar-refractivity contribution is 7.91. The zero-order chi connectivity index (χ0) is 14.6. The molecule has 1 aromatic heterocycles. The van der Waals surface area contributed by atoms with Crippen LogP contribution in [-0.2, 0) is 20.6 Å². The van der Waals surface area contributed by atoms with Crippen LogP contribution in [0.4, 0.5) is 0 Å². The lowest BCUT2D eigenvalue weighted by Gasteiger charge is -2.16. The van der Waals surface area contributed by atoms with Crippen LogP contribution < -0.4 is 0 Å². The van der Waals surface area contributed by atoms with Gasteiger partial charge in [0.15, 0.2) is 0 Å². The Hall–Kier alpha value is -0.140. The number of likely N-dealkylation sites (N-methyl/N-ethyl adjacent to an activating group) is 1. The average molecular weight is 326 g/mol. The van der Waals surface area contributed by atoms with Crippen LogP contribution in [0.25, 0.3) is 0 Å². The molecule has 0 aliphatic heterocycles. The van der Waals surface area contributed by atoms with Crippen molar-refractivity contribution in [1.29, 1.82) is 0 Å². The van der Waals surface area contributed by atoms with Crippen LogP contribution in [0.3, 0.4) is 0 Å². The molecule has 0 amide bonds. The van der Waals surface area contributed by atoms with Gasteiger partial charge in [0.1, 0.15) is 4.21 Å². The summed E-state index contributed by atoms with van der Waals surface area (Å²) < 4.78 is 31.7. The first-order valence-corrected chi connectivity index (χ1v) is 8.81. The Morgan fingerprint density at radius 3 is 2.58 bits per heavy atom. The van der Waals surface area contributed by atoms with E-state index in [1.54, 1.807) is 13.1 Å². The van der Waals surface area contributed by atoms with Crippen molar-refractivity contribution >= 4 is 33.0 Å². The Labute approximate surface area is 124 Å². The maximum absolute atomic E-state index is 12.3. The molecule has 1 heterocycles. The summed E-state index contributed by atoms with van der Waals surface area (Å²) in [5.41, 5.74) is 0.922. The van der Waals surface area contributed by atoms with Crippen molar-refractivity contribution < 1.29 is 13.2 Å². The molecule has 0 aliphatic carbocycles. The molecule has 0 saturated carbocycles. The summed E-state index contributed by atoms with van der Waals surface area (Å²) >= 11 is 7.01. The van der Waals surface area contributed by atoms with Gasteiger partial charge < -0.3 is 4.74 Å². The van der Waals surface area contributed by atoms with Crippen molar-refractivity contribution in [3.05, 3.63) is 16.5 Å². The van der Waals surface area contributed by atoms with Crippen molar-refractivity contribution in [2.75, 3.05) is 20.2 Å². The van der Waals surface area contributed by atoms with Crippen LogP contribution in [0.2, 0.25) is 0 Å². The molecule has 0 N–H and O–H groups in total. The topological polar surface area (TPSA) is 46.6 Å². The fourth-order valence-corrected chi connectivity index (χ4v) is 4.62. The maximum atomic E-state index is 12.3. The maximum Gasteiger partial charge on any atom is 0.252 e. The number of ether oxygens (including phenoxy) is 1. The number of hydrogen-bond donors (Lipinski definition) is 0. The standard InChI is InChI=1S/C12H20ClNO3S2/c1-9(2)17-6-5-14(4)19(15,16)12-7-10(3)11(8-13)18-12/h7,9H,5-6,8H2,1-4H3. The third kappa shape index (κ3) is 4.43. The fraction of sp³-hybridized carbons (Fsp3) is 0.667. The van der Waals surface area contributed by atoms with Gasteiger partial charge in [-0.1, -0.05) is 0 Å². The third-order valence-electron chi connectivity index (χ3n) is 2.64. The monoisotopic (exact) mass is 325 g/mol. The van der Waals surface area contributed by atoms with Crippen molar-refractivity contribution in [3.63, 3.8) is 0 Å². The minimum atomic E-state index is -3.44. The largest absolute Gasteiger partial charge is 0.377 e. The molecule has 1 aromatic rings. The van der Waals surface area contributed by atoms with E-state index >= 15 is 0 Å². The van der Waals surface area contributed by atoms with Crippen LogP contribution in [0, 0.1) is 6.92 Å². The average Bonchev–Trinajstić information content (AvgIpc) is 2.70. The Kier molecular flexibility index (Phi) is 6.26. The van der Waals surface area contributed by atoms with Crippen LogP contribution >= 0.6 is 22.9 Å². The normalized spacial score (nSPS) is 12.6. The van der Waals surface area contributed by atoms with Crippen LogP contribution in [0.5, 0.6) is 0 Å². The predicted octanol–water partition coefficient (Wildman–Crippen LogP) is 2.84. The van der Waals surface area contributed by atoms with Crippen LogP contribution in [0.15, 0.2) is 10.3 Å². The summed E-state index contributed by atoms with van der Waals surface area (Å²) in [6.45, 7) is 6.44. The van der Waals surface area contributed by atoms with Crippen LogP contribution in [-0.4, -0.2) is 39.0 Å². The van der Waals surface area contributed by atoms with Gasteiger partial charge in [0, 0.05) is 18.5 Å². The van der Waals surface area contributed by atoms with E-state index in [0.717, 1.165) is 10.4 Å². The molecule has 4 nitrogen and oxygen atoms in total. The van der Waals surface area contributed by atoms with Gasteiger partial charge in [0.25, 0.3) is 10.0 Å². The Morgan fingerprint density at radius 1 is 1.47 bits per heavy atom. The van der Waals surface area contributed by atoms with Crippen molar-refractivity contribution in [2.45, 2.75) is 37.0 Å². The second-order valence-corrected chi connectivity index (χ2v) is 8.23. The number of aryl methyl sites for hydroxylation is 1. The highest BCUT2D eigenvalue weighted by Crippen LogP contribution is 2.29. The second-order valence-electron chi connectivity index (χ2n) is 4.55. The van der Waals surface area contributed by atoms with E-state index in [1.165, 1.54) is 15.6 Å². The molecule has 0 saturated heterocycles.